The Morgan fingerprint density at radius 1 is 1.17 bits per heavy atom. The standard InChI is InChI=1S/C23H32N2O5/c1-22(2,3)30-21(27)24-9-6-15(7-10-24)8-11-25-20(26)16-12-18-19(29-14-28-18)13-17(16)23(25,4)5/h12-13,15H,6-11,14H2,1-5H3. The molecule has 30 heavy (non-hydrogen) atoms. The van der Waals surface area contributed by atoms with E-state index < -0.39 is 5.60 Å². The summed E-state index contributed by atoms with van der Waals surface area (Å²) in [7, 11) is 0. The smallest absolute Gasteiger partial charge is 0.410 e. The number of benzene rings is 1. The summed E-state index contributed by atoms with van der Waals surface area (Å²) in [6.07, 6.45) is 2.57. The minimum atomic E-state index is -0.471. The lowest BCUT2D eigenvalue weighted by molar-refractivity contribution is 0.0175. The predicted molar refractivity (Wildman–Crippen MR) is 112 cm³/mol. The molecule has 1 aromatic rings. The molecular weight excluding hydrogens is 384 g/mol. The van der Waals surface area contributed by atoms with Gasteiger partial charge in [-0.3, -0.25) is 4.79 Å². The molecule has 1 fully saturated rings. The van der Waals surface area contributed by atoms with Gasteiger partial charge in [0.25, 0.3) is 5.91 Å². The average Bonchev–Trinajstić information content (AvgIpc) is 3.19. The number of hydrogen-bond donors (Lipinski definition) is 0. The van der Waals surface area contributed by atoms with Gasteiger partial charge < -0.3 is 24.0 Å². The van der Waals surface area contributed by atoms with Gasteiger partial charge in [0.05, 0.1) is 5.54 Å². The van der Waals surface area contributed by atoms with Crippen molar-refractivity contribution in [3.05, 3.63) is 23.3 Å². The second-order valence-corrected chi connectivity index (χ2v) is 9.97. The third kappa shape index (κ3) is 3.82. The number of amides is 2. The number of hydrogen-bond acceptors (Lipinski definition) is 5. The molecule has 0 radical (unpaired) electrons. The van der Waals surface area contributed by atoms with E-state index in [0.29, 0.717) is 42.6 Å². The molecule has 3 heterocycles. The van der Waals surface area contributed by atoms with E-state index in [-0.39, 0.29) is 24.3 Å². The van der Waals surface area contributed by atoms with Crippen molar-refractivity contribution in [2.75, 3.05) is 26.4 Å². The zero-order valence-corrected chi connectivity index (χ0v) is 18.6. The van der Waals surface area contributed by atoms with E-state index in [0.717, 1.165) is 24.8 Å². The number of ether oxygens (including phenoxy) is 3. The molecule has 0 N–H and O–H groups in total. The van der Waals surface area contributed by atoms with E-state index in [4.69, 9.17) is 14.2 Å². The summed E-state index contributed by atoms with van der Waals surface area (Å²) in [5.41, 5.74) is 0.853. The second-order valence-electron chi connectivity index (χ2n) is 9.97. The van der Waals surface area contributed by atoms with E-state index >= 15 is 0 Å². The lowest BCUT2D eigenvalue weighted by Gasteiger charge is -2.36. The fourth-order valence-electron chi connectivity index (χ4n) is 4.59. The average molecular weight is 417 g/mol. The molecular formula is C23H32N2O5. The number of carbonyl (C=O) groups excluding carboxylic acids is 2. The van der Waals surface area contributed by atoms with Crippen LogP contribution in [0.25, 0.3) is 0 Å². The highest BCUT2D eigenvalue weighted by Crippen LogP contribution is 2.45. The summed E-state index contributed by atoms with van der Waals surface area (Å²) in [4.78, 5) is 29.1. The van der Waals surface area contributed by atoms with E-state index in [2.05, 4.69) is 13.8 Å². The molecule has 7 heteroatoms. The van der Waals surface area contributed by atoms with Gasteiger partial charge in [0.1, 0.15) is 5.60 Å². The minimum Gasteiger partial charge on any atom is -0.454 e. The Hall–Kier alpha value is -2.44. The van der Waals surface area contributed by atoms with Crippen molar-refractivity contribution in [3.63, 3.8) is 0 Å². The van der Waals surface area contributed by atoms with Crippen molar-refractivity contribution >= 4 is 12.0 Å². The summed E-state index contributed by atoms with van der Waals surface area (Å²) in [5, 5.41) is 0. The van der Waals surface area contributed by atoms with Crippen LogP contribution in [-0.2, 0) is 10.3 Å². The molecule has 2 amide bonds. The largest absolute Gasteiger partial charge is 0.454 e. The molecule has 3 aliphatic heterocycles. The van der Waals surface area contributed by atoms with Crippen molar-refractivity contribution in [1.29, 1.82) is 0 Å². The molecule has 0 unspecified atom stereocenters. The van der Waals surface area contributed by atoms with E-state index in [1.54, 1.807) is 4.90 Å². The van der Waals surface area contributed by atoms with Gasteiger partial charge in [0.2, 0.25) is 6.79 Å². The van der Waals surface area contributed by atoms with Gasteiger partial charge in [-0.15, -0.1) is 0 Å². The van der Waals surface area contributed by atoms with Crippen molar-refractivity contribution in [2.24, 2.45) is 5.92 Å². The van der Waals surface area contributed by atoms with Gasteiger partial charge in [-0.05, 0) is 77.5 Å². The maximum Gasteiger partial charge on any atom is 0.410 e. The highest BCUT2D eigenvalue weighted by atomic mass is 16.7. The predicted octanol–water partition coefficient (Wildman–Crippen LogP) is 4.14. The van der Waals surface area contributed by atoms with Gasteiger partial charge in [-0.1, -0.05) is 0 Å². The van der Waals surface area contributed by atoms with E-state index in [1.165, 1.54) is 0 Å². The van der Waals surface area contributed by atoms with Crippen LogP contribution in [0.2, 0.25) is 0 Å². The lowest BCUT2D eigenvalue weighted by atomic mass is 9.91. The zero-order valence-electron chi connectivity index (χ0n) is 18.6. The summed E-state index contributed by atoms with van der Waals surface area (Å²) < 4.78 is 16.4. The van der Waals surface area contributed by atoms with Crippen molar-refractivity contribution in [3.8, 4) is 11.5 Å². The molecule has 0 spiro atoms. The molecule has 0 atom stereocenters. The van der Waals surface area contributed by atoms with Crippen LogP contribution in [0.5, 0.6) is 11.5 Å². The highest BCUT2D eigenvalue weighted by Gasteiger charge is 2.44. The van der Waals surface area contributed by atoms with Gasteiger partial charge in [0.15, 0.2) is 11.5 Å². The maximum atomic E-state index is 13.1. The zero-order chi connectivity index (χ0) is 21.7. The Labute approximate surface area is 178 Å². The fraction of sp³-hybridized carbons (Fsp3) is 0.652. The molecule has 1 saturated heterocycles. The van der Waals surface area contributed by atoms with Gasteiger partial charge >= 0.3 is 6.09 Å². The van der Waals surface area contributed by atoms with Gasteiger partial charge in [-0.2, -0.15) is 0 Å². The number of nitrogens with zero attached hydrogens (tertiary/aromatic N) is 2. The second kappa shape index (κ2) is 7.36. The molecule has 0 bridgehead atoms. The van der Waals surface area contributed by atoms with Crippen LogP contribution >= 0.6 is 0 Å². The Bertz CT molecular complexity index is 850. The summed E-state index contributed by atoms with van der Waals surface area (Å²) >= 11 is 0. The van der Waals surface area contributed by atoms with Crippen LogP contribution in [0.15, 0.2) is 12.1 Å². The number of rotatable bonds is 3. The number of carbonyl (C=O) groups is 2. The topological polar surface area (TPSA) is 68.3 Å². The van der Waals surface area contributed by atoms with Gasteiger partial charge in [-0.25, -0.2) is 4.79 Å². The Balaban J connectivity index is 1.35. The molecule has 0 aromatic heterocycles. The molecule has 3 aliphatic rings. The number of likely N-dealkylation sites (tertiary alicyclic amines) is 1. The first-order valence-corrected chi connectivity index (χ1v) is 10.8. The van der Waals surface area contributed by atoms with Crippen molar-refractivity contribution < 1.29 is 23.8 Å². The van der Waals surface area contributed by atoms with Crippen molar-refractivity contribution in [2.45, 2.75) is 65.0 Å². The lowest BCUT2D eigenvalue weighted by Crippen LogP contribution is -2.43. The first kappa shape index (κ1) is 20.8. The van der Waals surface area contributed by atoms with Crippen LogP contribution in [0.1, 0.15) is 69.8 Å². The Morgan fingerprint density at radius 2 is 1.80 bits per heavy atom. The quantitative estimate of drug-likeness (QED) is 0.741. The molecule has 1 aromatic carbocycles. The monoisotopic (exact) mass is 416 g/mol. The number of fused-ring (bicyclic) bond motifs is 2. The summed E-state index contributed by atoms with van der Waals surface area (Å²) in [5.74, 6) is 1.91. The number of piperidine rings is 1. The van der Waals surface area contributed by atoms with Gasteiger partial charge in [0, 0.05) is 25.2 Å². The molecule has 7 nitrogen and oxygen atoms in total. The van der Waals surface area contributed by atoms with Crippen LogP contribution in [0.3, 0.4) is 0 Å². The SMILES string of the molecule is CC(C)(C)OC(=O)N1CCC(CCN2C(=O)c3cc4c(cc3C2(C)C)OCO4)CC1. The first-order chi connectivity index (χ1) is 14.1. The molecule has 0 saturated carbocycles. The Morgan fingerprint density at radius 3 is 2.43 bits per heavy atom. The molecule has 164 valence electrons. The summed E-state index contributed by atoms with van der Waals surface area (Å²) in [6.45, 7) is 12.2. The molecule has 4 rings (SSSR count). The highest BCUT2D eigenvalue weighted by molar-refractivity contribution is 6.00. The van der Waals surface area contributed by atoms with Crippen LogP contribution in [-0.4, -0.2) is 53.8 Å². The fourth-order valence-corrected chi connectivity index (χ4v) is 4.59. The normalized spacial score (nSPS) is 20.5. The third-order valence-corrected chi connectivity index (χ3v) is 6.35. The van der Waals surface area contributed by atoms with Crippen LogP contribution in [0.4, 0.5) is 4.79 Å². The third-order valence-electron chi connectivity index (χ3n) is 6.35. The Kier molecular flexibility index (Phi) is 5.11. The van der Waals surface area contributed by atoms with Crippen molar-refractivity contribution in [1.82, 2.24) is 9.80 Å². The molecule has 0 aliphatic carbocycles. The summed E-state index contributed by atoms with van der Waals surface area (Å²) in [6, 6.07) is 3.77. The first-order valence-electron chi connectivity index (χ1n) is 10.8. The van der Waals surface area contributed by atoms with E-state index in [1.807, 2.05) is 37.8 Å². The van der Waals surface area contributed by atoms with E-state index in [9.17, 15) is 9.59 Å². The van der Waals surface area contributed by atoms with Crippen LogP contribution in [0, 0.1) is 5.92 Å². The van der Waals surface area contributed by atoms with Crippen LogP contribution < -0.4 is 9.47 Å². The minimum absolute atomic E-state index is 0.0551. The maximum absolute atomic E-state index is 13.1.